The van der Waals surface area contributed by atoms with Gasteiger partial charge >= 0.3 is 0 Å². The molecule has 3 heterocycles. The van der Waals surface area contributed by atoms with Crippen LogP contribution in [0, 0.1) is 18.7 Å². The zero-order valence-corrected chi connectivity index (χ0v) is 16.1. The molecule has 0 N–H and O–H groups in total. The van der Waals surface area contributed by atoms with Crippen LogP contribution in [0.25, 0.3) is 0 Å². The van der Waals surface area contributed by atoms with Crippen LogP contribution in [0.4, 0.5) is 10.1 Å². The highest BCUT2D eigenvalue weighted by atomic mass is 35.5. The first-order chi connectivity index (χ1) is 13.5. The third-order valence-corrected chi connectivity index (χ3v) is 6.44. The summed E-state index contributed by atoms with van der Waals surface area (Å²) in [7, 11) is 0. The molecule has 2 amide bonds. The van der Waals surface area contributed by atoms with Crippen LogP contribution in [0.2, 0.25) is 5.02 Å². The van der Waals surface area contributed by atoms with Crippen molar-refractivity contribution >= 4 is 29.1 Å². The van der Waals surface area contributed by atoms with Crippen LogP contribution in [-0.2, 0) is 9.59 Å². The van der Waals surface area contributed by atoms with Gasteiger partial charge in [0.2, 0.25) is 5.91 Å². The minimum atomic E-state index is -0.523. The van der Waals surface area contributed by atoms with Gasteiger partial charge in [0.1, 0.15) is 11.9 Å². The number of benzene rings is 2. The molecule has 3 aliphatic heterocycles. The Morgan fingerprint density at radius 1 is 0.964 bits per heavy atom. The zero-order valence-electron chi connectivity index (χ0n) is 15.3. The number of carbonyl (C=O) groups excluding carboxylic acids is 2. The summed E-state index contributed by atoms with van der Waals surface area (Å²) in [4.78, 5) is 28.0. The number of hydrogen-bond donors (Lipinski definition) is 0. The summed E-state index contributed by atoms with van der Waals surface area (Å²) in [5, 5.41) is 4.65. The number of amides is 2. The number of fused-ring (bicyclic) bond motifs is 3. The van der Waals surface area contributed by atoms with Gasteiger partial charge in [-0.3, -0.25) is 9.59 Å². The van der Waals surface area contributed by atoms with Gasteiger partial charge in [0.05, 0.1) is 17.6 Å². The molecule has 5 nitrogen and oxygen atoms in total. The normalized spacial score (nSPS) is 27.5. The van der Waals surface area contributed by atoms with Gasteiger partial charge in [0, 0.05) is 18.1 Å². The van der Waals surface area contributed by atoms with E-state index < -0.39 is 12.0 Å². The van der Waals surface area contributed by atoms with Gasteiger partial charge in [0.15, 0.2) is 0 Å². The van der Waals surface area contributed by atoms with Crippen LogP contribution >= 0.6 is 11.6 Å². The van der Waals surface area contributed by atoms with Crippen molar-refractivity contribution in [1.82, 2.24) is 10.0 Å². The molecule has 2 aromatic rings. The second-order valence-corrected chi connectivity index (χ2v) is 8.00. The number of halogens is 2. The van der Waals surface area contributed by atoms with E-state index in [2.05, 4.69) is 5.01 Å². The maximum absolute atomic E-state index is 13.4. The van der Waals surface area contributed by atoms with Crippen LogP contribution in [0.5, 0.6) is 0 Å². The Labute approximate surface area is 167 Å². The lowest BCUT2D eigenvalue weighted by Gasteiger charge is -2.29. The molecule has 3 fully saturated rings. The second-order valence-electron chi connectivity index (χ2n) is 7.59. The molecule has 0 unspecified atom stereocenters. The Morgan fingerprint density at radius 2 is 1.64 bits per heavy atom. The molecule has 3 atom stereocenters. The molecule has 0 radical (unpaired) electrons. The van der Waals surface area contributed by atoms with Gasteiger partial charge in [-0.2, -0.15) is 0 Å². The van der Waals surface area contributed by atoms with Crippen LogP contribution in [0.1, 0.15) is 23.6 Å². The molecule has 5 rings (SSSR count). The number of hydrazine groups is 1. The molecule has 28 heavy (non-hydrogen) atoms. The Kier molecular flexibility index (Phi) is 4.05. The van der Waals surface area contributed by atoms with E-state index in [1.165, 1.54) is 17.0 Å². The Morgan fingerprint density at radius 3 is 2.32 bits per heavy atom. The average Bonchev–Trinajstić information content (AvgIpc) is 3.31. The van der Waals surface area contributed by atoms with Crippen molar-refractivity contribution in [3.63, 3.8) is 0 Å². The van der Waals surface area contributed by atoms with Gasteiger partial charge < -0.3 is 0 Å². The molecule has 0 bridgehead atoms. The van der Waals surface area contributed by atoms with Crippen molar-refractivity contribution in [1.29, 1.82) is 0 Å². The van der Waals surface area contributed by atoms with Crippen molar-refractivity contribution in [2.75, 3.05) is 18.0 Å². The highest BCUT2D eigenvalue weighted by molar-refractivity contribution is 6.32. The number of rotatable bonds is 2. The van der Waals surface area contributed by atoms with Gasteiger partial charge in [-0.15, -0.1) is 0 Å². The molecule has 7 heteroatoms. The van der Waals surface area contributed by atoms with E-state index in [9.17, 15) is 14.0 Å². The lowest BCUT2D eigenvalue weighted by atomic mass is 9.90. The maximum Gasteiger partial charge on any atom is 0.253 e. The third-order valence-electron chi connectivity index (χ3n) is 6.03. The van der Waals surface area contributed by atoms with Gasteiger partial charge in [0.25, 0.3) is 5.91 Å². The molecule has 0 aliphatic carbocycles. The van der Waals surface area contributed by atoms with E-state index in [4.69, 9.17) is 11.6 Å². The fourth-order valence-corrected chi connectivity index (χ4v) is 4.92. The van der Waals surface area contributed by atoms with Gasteiger partial charge in [-0.25, -0.2) is 19.3 Å². The fraction of sp³-hybridized carbons (Fsp3) is 0.333. The number of aryl methyl sites for hydroxylation is 1. The van der Waals surface area contributed by atoms with E-state index in [1.807, 2.05) is 18.0 Å². The largest absolute Gasteiger partial charge is 0.274 e. The predicted octanol–water partition coefficient (Wildman–Crippen LogP) is 3.32. The predicted molar refractivity (Wildman–Crippen MR) is 103 cm³/mol. The molecule has 3 aliphatic rings. The summed E-state index contributed by atoms with van der Waals surface area (Å²) < 4.78 is 13.4. The Bertz CT molecular complexity index is 980. The van der Waals surface area contributed by atoms with E-state index in [-0.39, 0.29) is 23.7 Å². The Hall–Kier alpha value is -2.28. The molecule has 3 saturated heterocycles. The summed E-state index contributed by atoms with van der Waals surface area (Å²) in [5.41, 5.74) is 2.24. The molecular formula is C21H19ClFN3O2. The van der Waals surface area contributed by atoms with Crippen molar-refractivity contribution in [3.05, 3.63) is 64.4 Å². The highest BCUT2D eigenvalue weighted by Gasteiger charge is 2.62. The first-order valence-electron chi connectivity index (χ1n) is 9.40. The highest BCUT2D eigenvalue weighted by Crippen LogP contribution is 2.49. The quantitative estimate of drug-likeness (QED) is 0.727. The van der Waals surface area contributed by atoms with Crippen molar-refractivity contribution in [2.45, 2.75) is 25.4 Å². The summed E-state index contributed by atoms with van der Waals surface area (Å²) in [6.45, 7) is 3.40. The molecular weight excluding hydrogens is 381 g/mol. The number of nitrogens with zero attached hydrogens (tertiary/aromatic N) is 3. The molecule has 144 valence electrons. The van der Waals surface area contributed by atoms with Crippen LogP contribution in [-0.4, -0.2) is 41.0 Å². The smallest absolute Gasteiger partial charge is 0.253 e. The Balaban J connectivity index is 1.58. The summed E-state index contributed by atoms with van der Waals surface area (Å²) in [6.07, 6.45) is 0.929. The summed E-state index contributed by atoms with van der Waals surface area (Å²) in [6, 6.07) is 10.7. The lowest BCUT2D eigenvalue weighted by molar-refractivity contribution is -0.126. The van der Waals surface area contributed by atoms with Crippen LogP contribution in [0.15, 0.2) is 42.5 Å². The minimum Gasteiger partial charge on any atom is -0.274 e. The third kappa shape index (κ3) is 2.45. The number of hydrogen-bond acceptors (Lipinski definition) is 4. The topological polar surface area (TPSA) is 43.9 Å². The fourth-order valence-electron chi connectivity index (χ4n) is 4.75. The minimum absolute atomic E-state index is 0.216. The lowest BCUT2D eigenvalue weighted by Crippen LogP contribution is -2.44. The second kappa shape index (κ2) is 6.37. The van der Waals surface area contributed by atoms with Gasteiger partial charge in [-0.1, -0.05) is 29.8 Å². The average molecular weight is 400 g/mol. The first kappa shape index (κ1) is 17.8. The van der Waals surface area contributed by atoms with Crippen LogP contribution < -0.4 is 4.90 Å². The number of anilines is 1. The first-order valence-corrected chi connectivity index (χ1v) is 9.78. The number of imide groups is 1. The molecule has 2 aromatic carbocycles. The zero-order chi connectivity index (χ0) is 19.6. The van der Waals surface area contributed by atoms with E-state index in [1.54, 1.807) is 24.3 Å². The van der Waals surface area contributed by atoms with Crippen molar-refractivity contribution in [2.24, 2.45) is 5.92 Å². The van der Waals surface area contributed by atoms with Crippen molar-refractivity contribution in [3.8, 4) is 0 Å². The van der Waals surface area contributed by atoms with Gasteiger partial charge in [-0.05, 0) is 48.7 Å². The van der Waals surface area contributed by atoms with E-state index >= 15 is 0 Å². The van der Waals surface area contributed by atoms with Crippen LogP contribution in [0.3, 0.4) is 0 Å². The number of carbonyl (C=O) groups is 2. The molecule has 0 saturated carbocycles. The summed E-state index contributed by atoms with van der Waals surface area (Å²) in [5.74, 6) is -1.27. The standard InChI is InChI=1S/C21H19ClFN3O2/c1-12-3-8-15(11-16(12)22)26-20(27)17-18(13-4-6-14(23)7-5-13)24-9-2-10-25(24)19(17)21(26)28/h3-8,11,17-19H,2,9-10H2,1H3/t17-,18-,19+/m0/s1. The maximum atomic E-state index is 13.4. The van der Waals surface area contributed by atoms with E-state index in [0.717, 1.165) is 30.6 Å². The summed E-state index contributed by atoms with van der Waals surface area (Å²) >= 11 is 6.23. The van der Waals surface area contributed by atoms with E-state index in [0.29, 0.717) is 10.7 Å². The monoisotopic (exact) mass is 399 g/mol. The molecule has 0 aromatic heterocycles. The molecule has 0 spiro atoms. The SMILES string of the molecule is Cc1ccc(N2C(=O)[C@@H]3[C@H](C2=O)N2CCCN2[C@H]3c2ccc(F)cc2)cc1Cl. The van der Waals surface area contributed by atoms with Crippen molar-refractivity contribution < 1.29 is 14.0 Å².